The van der Waals surface area contributed by atoms with Crippen LogP contribution in [0.1, 0.15) is 29.3 Å². The summed E-state index contributed by atoms with van der Waals surface area (Å²) in [5.41, 5.74) is 4.18. The van der Waals surface area contributed by atoms with Crippen molar-refractivity contribution in [3.8, 4) is 22.5 Å². The number of aromatic nitrogens is 4. The minimum Gasteiger partial charge on any atom is -0.477 e. The number of carboxylic acids is 1. The van der Waals surface area contributed by atoms with Crippen LogP contribution >= 0.6 is 11.5 Å². The van der Waals surface area contributed by atoms with E-state index >= 15 is 0 Å². The number of hydrogen-bond acceptors (Lipinski definition) is 6. The van der Waals surface area contributed by atoms with E-state index in [1.165, 1.54) is 10.9 Å². The number of anilines is 1. The van der Waals surface area contributed by atoms with Crippen LogP contribution in [-0.4, -0.2) is 36.3 Å². The summed E-state index contributed by atoms with van der Waals surface area (Å²) >= 11 is 0.908. The Bertz CT molecular complexity index is 1290. The summed E-state index contributed by atoms with van der Waals surface area (Å²) in [5.74, 6) is -0.0471. The van der Waals surface area contributed by atoms with E-state index in [4.69, 9.17) is 0 Å². The maximum Gasteiger partial charge on any atom is 0.341 e. The first kappa shape index (κ1) is 21.5. The van der Waals surface area contributed by atoms with Gasteiger partial charge in [-0.05, 0) is 29.5 Å². The maximum absolute atomic E-state index is 11.5. The van der Waals surface area contributed by atoms with Gasteiger partial charge in [-0.1, -0.05) is 55.5 Å². The molecule has 0 spiro atoms. The molecule has 3 N–H and O–H groups in total. The molecule has 164 valence electrons. The summed E-state index contributed by atoms with van der Waals surface area (Å²) in [6.45, 7) is 2.06. The van der Waals surface area contributed by atoms with Crippen molar-refractivity contribution in [2.45, 2.75) is 25.8 Å². The van der Waals surface area contributed by atoms with E-state index in [0.29, 0.717) is 11.6 Å². The highest BCUT2D eigenvalue weighted by atomic mass is 32.1. The largest absolute Gasteiger partial charge is 0.477 e. The molecule has 8 nitrogen and oxygen atoms in total. The fraction of sp³-hybridized carbons (Fsp3) is 0.217. The van der Waals surface area contributed by atoms with Crippen molar-refractivity contribution < 1.29 is 9.90 Å². The van der Waals surface area contributed by atoms with E-state index in [-0.39, 0.29) is 16.5 Å². The fourth-order valence-corrected chi connectivity index (χ4v) is 4.10. The zero-order valence-corrected chi connectivity index (χ0v) is 18.5. The molecule has 0 saturated carbocycles. The van der Waals surface area contributed by atoms with Gasteiger partial charge in [0.25, 0.3) is 0 Å². The lowest BCUT2D eigenvalue weighted by Gasteiger charge is -2.17. The third kappa shape index (κ3) is 4.62. The molecule has 0 aliphatic rings. The number of hydrogen-bond donors (Lipinski definition) is 3. The van der Waals surface area contributed by atoms with Crippen molar-refractivity contribution in [2.24, 2.45) is 7.05 Å². The first-order chi connectivity index (χ1) is 15.4. The second-order valence-electron chi connectivity index (χ2n) is 7.51. The van der Waals surface area contributed by atoms with Crippen molar-refractivity contribution >= 4 is 23.3 Å². The van der Waals surface area contributed by atoms with Gasteiger partial charge in [-0.3, -0.25) is 14.5 Å². The Morgan fingerprint density at radius 3 is 2.53 bits per heavy atom. The van der Waals surface area contributed by atoms with Gasteiger partial charge in [0.1, 0.15) is 5.56 Å². The van der Waals surface area contributed by atoms with Crippen LogP contribution in [-0.2, 0) is 13.5 Å². The Kier molecular flexibility index (Phi) is 6.18. The van der Waals surface area contributed by atoms with Crippen LogP contribution in [0.25, 0.3) is 22.5 Å². The monoisotopic (exact) mass is 449 g/mol. The van der Waals surface area contributed by atoms with Gasteiger partial charge in [-0.2, -0.15) is 9.47 Å². The third-order valence-corrected chi connectivity index (χ3v) is 5.80. The average Bonchev–Trinajstić information content (AvgIpc) is 3.39. The molecule has 0 saturated heterocycles. The molecule has 0 aliphatic heterocycles. The van der Waals surface area contributed by atoms with Crippen LogP contribution in [0, 0.1) is 0 Å². The molecular weight excluding hydrogens is 426 g/mol. The van der Waals surface area contributed by atoms with Crippen molar-refractivity contribution in [1.82, 2.24) is 19.1 Å². The molecule has 1 unspecified atom stereocenters. The number of carboxylic acid groups (broad SMARTS) is 1. The van der Waals surface area contributed by atoms with Crippen LogP contribution in [0.3, 0.4) is 0 Å². The minimum absolute atomic E-state index is 0.0428. The second kappa shape index (κ2) is 9.19. The summed E-state index contributed by atoms with van der Waals surface area (Å²) in [6.07, 6.45) is 3.05. The van der Waals surface area contributed by atoms with E-state index < -0.39 is 5.97 Å². The Morgan fingerprint density at radius 2 is 1.91 bits per heavy atom. The Balaban J connectivity index is 1.53. The van der Waals surface area contributed by atoms with Gasteiger partial charge in [0.15, 0.2) is 11.6 Å². The summed E-state index contributed by atoms with van der Waals surface area (Å²) in [6, 6.07) is 16.1. The van der Waals surface area contributed by atoms with Gasteiger partial charge in [-0.25, -0.2) is 4.79 Å². The van der Waals surface area contributed by atoms with Gasteiger partial charge in [0.2, 0.25) is 0 Å². The molecule has 1 atom stereocenters. The van der Waals surface area contributed by atoms with Crippen LogP contribution in [0.5, 0.6) is 0 Å². The second-order valence-corrected chi connectivity index (χ2v) is 8.25. The average molecular weight is 450 g/mol. The predicted octanol–water partition coefficient (Wildman–Crippen LogP) is 4.03. The lowest BCUT2D eigenvalue weighted by atomic mass is 9.96. The molecule has 4 rings (SSSR count). The van der Waals surface area contributed by atoms with Gasteiger partial charge < -0.3 is 10.4 Å². The van der Waals surface area contributed by atoms with Crippen LogP contribution in [0.15, 0.2) is 59.5 Å². The summed E-state index contributed by atoms with van der Waals surface area (Å²) in [5, 5.41) is 16.9. The smallest absolute Gasteiger partial charge is 0.341 e. The summed E-state index contributed by atoms with van der Waals surface area (Å²) in [4.78, 5) is 25.6. The first-order valence-corrected chi connectivity index (χ1v) is 11.0. The molecule has 2 aromatic carbocycles. The maximum atomic E-state index is 11.5. The van der Waals surface area contributed by atoms with Crippen LogP contribution in [0.2, 0.25) is 0 Å². The highest BCUT2D eigenvalue weighted by Crippen LogP contribution is 2.30. The predicted molar refractivity (Wildman–Crippen MR) is 125 cm³/mol. The molecule has 9 heteroatoms. The van der Waals surface area contributed by atoms with Crippen molar-refractivity contribution in [3.63, 3.8) is 0 Å². The number of aromatic amines is 1. The topological polar surface area (TPSA) is 113 Å². The van der Waals surface area contributed by atoms with Crippen molar-refractivity contribution in [2.75, 3.05) is 5.32 Å². The van der Waals surface area contributed by atoms with E-state index in [9.17, 15) is 14.7 Å². The minimum atomic E-state index is -1.00. The molecule has 4 aromatic rings. The third-order valence-electron chi connectivity index (χ3n) is 5.26. The number of aromatic carboxylic acids is 1. The molecular formula is C23H23N5O3S. The Hall–Kier alpha value is -3.72. The zero-order chi connectivity index (χ0) is 22.7. The number of benzene rings is 2. The lowest BCUT2D eigenvalue weighted by Crippen LogP contribution is -2.22. The lowest BCUT2D eigenvalue weighted by molar-refractivity contribution is 0.0697. The van der Waals surface area contributed by atoms with Crippen molar-refractivity contribution in [3.05, 3.63) is 75.5 Å². The van der Waals surface area contributed by atoms with Crippen molar-refractivity contribution in [1.29, 1.82) is 0 Å². The normalized spacial score (nSPS) is 11.9. The number of rotatable bonds is 8. The van der Waals surface area contributed by atoms with E-state index in [2.05, 4.69) is 51.0 Å². The zero-order valence-electron chi connectivity index (χ0n) is 17.7. The van der Waals surface area contributed by atoms with Crippen LogP contribution < -0.4 is 10.2 Å². The highest BCUT2D eigenvalue weighted by molar-refractivity contribution is 7.03. The molecule has 2 heterocycles. The first-order valence-electron chi connectivity index (χ1n) is 10.2. The van der Waals surface area contributed by atoms with Gasteiger partial charge in [0, 0.05) is 36.4 Å². The van der Waals surface area contributed by atoms with Gasteiger partial charge in [0.05, 0.1) is 0 Å². The molecule has 0 bridgehead atoms. The Labute approximate surface area is 188 Å². The molecule has 0 radical (unpaired) electrons. The number of H-pyrrole nitrogens is 1. The molecule has 0 aliphatic carbocycles. The van der Waals surface area contributed by atoms with Gasteiger partial charge in [-0.15, -0.1) is 0 Å². The number of aryl methyl sites for hydroxylation is 1. The molecule has 32 heavy (non-hydrogen) atoms. The molecule has 0 amide bonds. The molecule has 2 aromatic heterocycles. The number of carbonyl (C=O) groups is 1. The number of nitrogens with one attached hydrogen (secondary N) is 2. The van der Waals surface area contributed by atoms with Crippen LogP contribution in [0.4, 0.5) is 5.82 Å². The molecule has 0 fully saturated rings. The van der Waals surface area contributed by atoms with E-state index in [1.54, 1.807) is 7.05 Å². The standard InChI is InChI=1S/C23H23N5O3S/c1-3-16(24-20-19(22(29)30)13-28(2)26-20)12-14-8-10-15(11-9-14)17-6-4-5-7-18(17)21-25-23(31)32-27-21/h4-11,13,16H,3,12H2,1-2H3,(H,24,26)(H,29,30)(H,25,27,31). The van der Waals surface area contributed by atoms with Gasteiger partial charge >= 0.3 is 10.8 Å². The number of nitrogens with zero attached hydrogens (tertiary/aromatic N) is 3. The van der Waals surface area contributed by atoms with E-state index in [1.807, 2.05) is 24.3 Å². The Morgan fingerprint density at radius 1 is 1.19 bits per heavy atom. The SMILES string of the molecule is CCC(Cc1ccc(-c2ccccc2-c2nsc(=O)[nH]2)cc1)Nc1nn(C)cc1C(=O)O. The fourth-order valence-electron chi connectivity index (χ4n) is 3.63. The highest BCUT2D eigenvalue weighted by Gasteiger charge is 2.18. The quantitative estimate of drug-likeness (QED) is 0.374. The van der Waals surface area contributed by atoms with E-state index in [0.717, 1.165) is 46.6 Å². The summed E-state index contributed by atoms with van der Waals surface area (Å²) < 4.78 is 5.72. The summed E-state index contributed by atoms with van der Waals surface area (Å²) in [7, 11) is 1.70.